The van der Waals surface area contributed by atoms with Gasteiger partial charge in [0.25, 0.3) is 0 Å². The van der Waals surface area contributed by atoms with Crippen LogP contribution in [0.25, 0.3) is 21.8 Å². The first-order chi connectivity index (χ1) is 12.8. The number of unbranched alkanes of at least 4 members (excludes halogenated alkanes) is 2. The first-order valence-electron chi connectivity index (χ1n) is 9.30. The van der Waals surface area contributed by atoms with Gasteiger partial charge in [-0.25, -0.2) is 4.98 Å². The van der Waals surface area contributed by atoms with Gasteiger partial charge >= 0.3 is 0 Å². The fraction of sp³-hybridized carbons (Fsp3) is 0.381. The number of rotatable bonds is 10. The molecule has 3 rings (SSSR count). The minimum absolute atomic E-state index is 0.678. The molecule has 5 nitrogen and oxygen atoms in total. The minimum Gasteiger partial charge on any atom is -0.494 e. The largest absolute Gasteiger partial charge is 0.494 e. The van der Waals surface area contributed by atoms with Crippen LogP contribution in [0, 0.1) is 0 Å². The van der Waals surface area contributed by atoms with Crippen LogP contribution in [-0.2, 0) is 0 Å². The molecule has 26 heavy (non-hydrogen) atoms. The van der Waals surface area contributed by atoms with Crippen LogP contribution in [0.2, 0.25) is 0 Å². The van der Waals surface area contributed by atoms with E-state index in [4.69, 9.17) is 25.9 Å². The van der Waals surface area contributed by atoms with Gasteiger partial charge in [-0.15, -0.1) is 0 Å². The number of nitrogens with zero attached hydrogens (tertiary/aromatic N) is 1. The molecular weight excluding hydrogens is 326 g/mol. The maximum Gasteiger partial charge on any atom is 0.121 e. The third kappa shape index (κ3) is 4.84. The van der Waals surface area contributed by atoms with Crippen molar-refractivity contribution in [1.29, 1.82) is 0 Å². The molecule has 0 aliphatic rings. The number of hydrogen-bond donors (Lipinski definition) is 2. The Morgan fingerprint density at radius 2 is 1.15 bits per heavy atom. The molecule has 0 spiro atoms. The summed E-state index contributed by atoms with van der Waals surface area (Å²) in [5.74, 6) is 1.69. The summed E-state index contributed by atoms with van der Waals surface area (Å²) >= 11 is 0. The first kappa shape index (κ1) is 18.4. The van der Waals surface area contributed by atoms with Crippen molar-refractivity contribution in [3.63, 3.8) is 0 Å². The zero-order valence-electron chi connectivity index (χ0n) is 15.1. The van der Waals surface area contributed by atoms with Crippen LogP contribution in [0.3, 0.4) is 0 Å². The lowest BCUT2D eigenvalue weighted by Gasteiger charge is -2.09. The number of ether oxygens (including phenoxy) is 2. The van der Waals surface area contributed by atoms with E-state index in [1.165, 1.54) is 0 Å². The standard InChI is InChI=1S/C21H27N3O2/c22-9-1-3-11-25-18-7-5-16-13-17-6-8-19(26-12-4-2-10-23)15-21(17)24-20(16)14-18/h5-8,13-15H,1-4,9-12,22-23H2. The molecule has 4 N–H and O–H groups in total. The predicted molar refractivity (Wildman–Crippen MR) is 107 cm³/mol. The monoisotopic (exact) mass is 353 g/mol. The van der Waals surface area contributed by atoms with Gasteiger partial charge in [0.05, 0.1) is 24.2 Å². The van der Waals surface area contributed by atoms with Gasteiger partial charge in [0, 0.05) is 22.9 Å². The summed E-state index contributed by atoms with van der Waals surface area (Å²) in [6.07, 6.45) is 3.88. The molecule has 0 unspecified atom stereocenters. The number of fused-ring (bicyclic) bond motifs is 2. The third-order valence-electron chi connectivity index (χ3n) is 4.29. The molecule has 0 bridgehead atoms. The van der Waals surface area contributed by atoms with Crippen molar-refractivity contribution < 1.29 is 9.47 Å². The molecule has 1 aromatic heterocycles. The second kappa shape index (κ2) is 9.36. The number of benzene rings is 2. The van der Waals surface area contributed by atoms with Crippen molar-refractivity contribution in [2.75, 3.05) is 26.3 Å². The van der Waals surface area contributed by atoms with E-state index in [0.717, 1.165) is 59.0 Å². The van der Waals surface area contributed by atoms with E-state index >= 15 is 0 Å². The van der Waals surface area contributed by atoms with Gasteiger partial charge in [-0.3, -0.25) is 0 Å². The second-order valence-corrected chi connectivity index (χ2v) is 6.39. The highest BCUT2D eigenvalue weighted by atomic mass is 16.5. The Morgan fingerprint density at radius 3 is 1.62 bits per heavy atom. The third-order valence-corrected chi connectivity index (χ3v) is 4.29. The average Bonchev–Trinajstić information content (AvgIpc) is 2.67. The van der Waals surface area contributed by atoms with Crippen molar-refractivity contribution in [2.24, 2.45) is 11.5 Å². The Bertz CT molecular complexity index is 784. The summed E-state index contributed by atoms with van der Waals surface area (Å²) < 4.78 is 11.6. The summed E-state index contributed by atoms with van der Waals surface area (Å²) in [5, 5.41) is 2.20. The van der Waals surface area contributed by atoms with Crippen molar-refractivity contribution in [3.05, 3.63) is 42.5 Å². The second-order valence-electron chi connectivity index (χ2n) is 6.39. The van der Waals surface area contributed by atoms with Gasteiger partial charge in [0.15, 0.2) is 0 Å². The van der Waals surface area contributed by atoms with Crippen molar-refractivity contribution >= 4 is 21.8 Å². The Morgan fingerprint density at radius 1 is 0.654 bits per heavy atom. The van der Waals surface area contributed by atoms with E-state index in [1.54, 1.807) is 0 Å². The number of hydrogen-bond acceptors (Lipinski definition) is 5. The minimum atomic E-state index is 0.678. The number of aromatic nitrogens is 1. The van der Waals surface area contributed by atoms with Gasteiger partial charge in [-0.05, 0) is 69.1 Å². The fourth-order valence-electron chi connectivity index (χ4n) is 2.83. The number of pyridine rings is 1. The molecule has 2 aromatic carbocycles. The molecule has 0 aliphatic carbocycles. The predicted octanol–water partition coefficient (Wildman–Crippen LogP) is 3.62. The summed E-state index contributed by atoms with van der Waals surface area (Å²) in [4.78, 5) is 4.79. The van der Waals surface area contributed by atoms with Crippen LogP contribution in [-0.4, -0.2) is 31.3 Å². The zero-order valence-corrected chi connectivity index (χ0v) is 15.1. The van der Waals surface area contributed by atoms with Crippen LogP contribution < -0.4 is 20.9 Å². The molecule has 1 heterocycles. The quantitative estimate of drug-likeness (QED) is 0.430. The molecule has 5 heteroatoms. The van der Waals surface area contributed by atoms with Crippen LogP contribution in [0.15, 0.2) is 42.5 Å². The van der Waals surface area contributed by atoms with E-state index in [0.29, 0.717) is 26.3 Å². The Hall–Kier alpha value is -2.37. The lowest BCUT2D eigenvalue weighted by atomic mass is 10.1. The van der Waals surface area contributed by atoms with Gasteiger partial charge in [-0.2, -0.15) is 0 Å². The summed E-state index contributed by atoms with van der Waals surface area (Å²) in [5.41, 5.74) is 12.9. The van der Waals surface area contributed by atoms with E-state index in [-0.39, 0.29) is 0 Å². The SMILES string of the molecule is NCCCCOc1ccc2cc3ccc(OCCCCN)cc3nc2c1. The Kier molecular flexibility index (Phi) is 6.63. The highest BCUT2D eigenvalue weighted by Crippen LogP contribution is 2.26. The van der Waals surface area contributed by atoms with E-state index in [2.05, 4.69) is 18.2 Å². The molecule has 0 fully saturated rings. The van der Waals surface area contributed by atoms with Crippen LogP contribution in [0.1, 0.15) is 25.7 Å². The van der Waals surface area contributed by atoms with Crippen LogP contribution in [0.4, 0.5) is 0 Å². The van der Waals surface area contributed by atoms with Crippen molar-refractivity contribution in [2.45, 2.75) is 25.7 Å². The molecule has 0 radical (unpaired) electrons. The Balaban J connectivity index is 1.76. The number of nitrogens with two attached hydrogens (primary N) is 2. The van der Waals surface area contributed by atoms with Crippen LogP contribution >= 0.6 is 0 Å². The first-order valence-corrected chi connectivity index (χ1v) is 9.30. The maximum absolute atomic E-state index is 5.80. The topological polar surface area (TPSA) is 83.4 Å². The van der Waals surface area contributed by atoms with E-state index in [9.17, 15) is 0 Å². The molecule has 0 amide bonds. The van der Waals surface area contributed by atoms with Gasteiger partial charge in [0.2, 0.25) is 0 Å². The lowest BCUT2D eigenvalue weighted by molar-refractivity contribution is 0.308. The maximum atomic E-state index is 5.80. The summed E-state index contributed by atoms with van der Waals surface area (Å²) in [7, 11) is 0. The highest BCUT2D eigenvalue weighted by molar-refractivity contribution is 5.93. The zero-order chi connectivity index (χ0) is 18.2. The molecular formula is C21H27N3O2. The average molecular weight is 353 g/mol. The Labute approximate surface area is 154 Å². The molecule has 3 aromatic rings. The van der Waals surface area contributed by atoms with Gasteiger partial charge < -0.3 is 20.9 Å². The molecule has 0 aliphatic heterocycles. The van der Waals surface area contributed by atoms with Crippen LogP contribution in [0.5, 0.6) is 11.5 Å². The molecule has 0 saturated carbocycles. The summed E-state index contributed by atoms with van der Waals surface area (Å²) in [6.45, 7) is 2.75. The fourth-order valence-corrected chi connectivity index (χ4v) is 2.83. The lowest BCUT2D eigenvalue weighted by Crippen LogP contribution is -2.03. The normalized spacial score (nSPS) is 11.2. The summed E-state index contributed by atoms with van der Waals surface area (Å²) in [6, 6.07) is 14.2. The molecule has 0 atom stereocenters. The van der Waals surface area contributed by atoms with Gasteiger partial charge in [-0.1, -0.05) is 0 Å². The van der Waals surface area contributed by atoms with Crippen molar-refractivity contribution in [1.82, 2.24) is 4.98 Å². The van der Waals surface area contributed by atoms with E-state index in [1.807, 2.05) is 24.3 Å². The van der Waals surface area contributed by atoms with Crippen molar-refractivity contribution in [3.8, 4) is 11.5 Å². The molecule has 0 saturated heterocycles. The highest BCUT2D eigenvalue weighted by Gasteiger charge is 2.04. The smallest absolute Gasteiger partial charge is 0.121 e. The molecule has 138 valence electrons. The van der Waals surface area contributed by atoms with Gasteiger partial charge in [0.1, 0.15) is 11.5 Å². The van der Waals surface area contributed by atoms with E-state index < -0.39 is 0 Å².